The Balaban J connectivity index is 1.44. The number of fused-ring (bicyclic) bond motifs is 1. The molecular weight excluding hydrogens is 405 g/mol. The van der Waals surface area contributed by atoms with Crippen LogP contribution in [0.2, 0.25) is 0 Å². The van der Waals surface area contributed by atoms with E-state index in [0.29, 0.717) is 19.0 Å². The molecule has 2 aromatic rings. The van der Waals surface area contributed by atoms with E-state index in [0.717, 1.165) is 56.1 Å². The fraction of sp³-hybridized carbons (Fsp3) is 0.640. The number of hydrogen-bond acceptors (Lipinski definition) is 4. The number of piperidine rings is 1. The summed E-state index contributed by atoms with van der Waals surface area (Å²) in [6.45, 7) is 9.67. The highest BCUT2D eigenvalue weighted by Crippen LogP contribution is 2.28. The zero-order chi connectivity index (χ0) is 22.7. The third kappa shape index (κ3) is 5.37. The molecule has 4 rings (SSSR count). The Morgan fingerprint density at radius 2 is 2.00 bits per heavy atom. The van der Waals surface area contributed by atoms with E-state index >= 15 is 0 Å². The van der Waals surface area contributed by atoms with Crippen LogP contribution in [0.1, 0.15) is 76.0 Å². The molecule has 1 aromatic carbocycles. The lowest BCUT2D eigenvalue weighted by Crippen LogP contribution is -2.50. The minimum Gasteiger partial charge on any atom is -0.332 e. The van der Waals surface area contributed by atoms with Gasteiger partial charge in [0.2, 0.25) is 5.91 Å². The van der Waals surface area contributed by atoms with Crippen LogP contribution < -0.4 is 0 Å². The molecular formula is C25H36FN5O. The molecule has 0 N–H and O–H groups in total. The van der Waals surface area contributed by atoms with Gasteiger partial charge in [-0.1, -0.05) is 18.6 Å². The third-order valence-electron chi connectivity index (χ3n) is 6.71. The fourth-order valence-corrected chi connectivity index (χ4v) is 5.01. The number of carbonyl (C=O) groups is 1. The molecule has 2 aliphatic rings. The van der Waals surface area contributed by atoms with Crippen LogP contribution in [0.3, 0.4) is 0 Å². The van der Waals surface area contributed by atoms with Crippen LogP contribution in [0, 0.1) is 5.82 Å². The summed E-state index contributed by atoms with van der Waals surface area (Å²) in [7, 11) is 0. The minimum atomic E-state index is -0.344. The molecule has 1 atom stereocenters. The van der Waals surface area contributed by atoms with Crippen molar-refractivity contribution in [3.05, 3.63) is 47.3 Å². The van der Waals surface area contributed by atoms with Crippen molar-refractivity contribution in [1.82, 2.24) is 24.6 Å². The summed E-state index contributed by atoms with van der Waals surface area (Å²) in [5.41, 5.74) is 0.471. The number of likely N-dealkylation sites (tertiary alicyclic amines) is 1. The second kappa shape index (κ2) is 9.69. The quantitative estimate of drug-likeness (QED) is 0.700. The molecule has 0 spiro atoms. The second-order valence-electron chi connectivity index (χ2n) is 10.3. The van der Waals surface area contributed by atoms with Crippen LogP contribution in [0.4, 0.5) is 4.39 Å². The number of nitrogens with zero attached hydrogens (tertiary/aromatic N) is 5. The van der Waals surface area contributed by atoms with Crippen LogP contribution in [0.5, 0.6) is 0 Å². The number of halogens is 1. The molecule has 6 nitrogen and oxygen atoms in total. The maximum absolute atomic E-state index is 13.7. The first-order valence-electron chi connectivity index (χ1n) is 12.0. The van der Waals surface area contributed by atoms with Crippen molar-refractivity contribution in [3.8, 4) is 0 Å². The Bertz CT molecular complexity index is 935. The predicted octanol–water partition coefficient (Wildman–Crippen LogP) is 4.15. The molecule has 7 heteroatoms. The van der Waals surface area contributed by atoms with Gasteiger partial charge < -0.3 is 9.47 Å². The van der Waals surface area contributed by atoms with Crippen molar-refractivity contribution in [2.75, 3.05) is 19.6 Å². The van der Waals surface area contributed by atoms with Gasteiger partial charge in [-0.15, -0.1) is 10.2 Å². The first-order valence-corrected chi connectivity index (χ1v) is 12.0. The molecule has 0 aliphatic carbocycles. The summed E-state index contributed by atoms with van der Waals surface area (Å²) in [4.78, 5) is 17.5. The molecule has 0 bridgehead atoms. The number of aromatic nitrogens is 3. The lowest BCUT2D eigenvalue weighted by Gasteiger charge is -2.39. The number of rotatable bonds is 5. The average molecular weight is 442 g/mol. The van der Waals surface area contributed by atoms with Crippen molar-refractivity contribution in [2.45, 2.75) is 83.8 Å². The molecule has 3 heterocycles. The van der Waals surface area contributed by atoms with Crippen LogP contribution in [0.25, 0.3) is 0 Å². The first kappa shape index (κ1) is 22.9. The van der Waals surface area contributed by atoms with Crippen molar-refractivity contribution in [2.24, 2.45) is 0 Å². The average Bonchev–Trinajstić information content (AvgIpc) is 2.99. The van der Waals surface area contributed by atoms with E-state index < -0.39 is 0 Å². The highest BCUT2D eigenvalue weighted by molar-refractivity contribution is 5.79. The smallest absolute Gasteiger partial charge is 0.237 e. The Kier molecular flexibility index (Phi) is 6.93. The van der Waals surface area contributed by atoms with Crippen LogP contribution in [-0.4, -0.2) is 55.6 Å². The van der Waals surface area contributed by atoms with E-state index in [1.807, 2.05) is 31.7 Å². The SMILES string of the molecule is CC(C)(C)N(Cc1cccc(F)c1)C(=O)CN1CCCC(c2nnc3n2CCCCC3)C1. The van der Waals surface area contributed by atoms with E-state index in [9.17, 15) is 9.18 Å². The summed E-state index contributed by atoms with van der Waals surface area (Å²) < 4.78 is 16.0. The molecule has 1 amide bonds. The van der Waals surface area contributed by atoms with Gasteiger partial charge >= 0.3 is 0 Å². The standard InChI is InChI=1S/C25H36FN5O/c1-25(2,3)31(16-19-9-7-11-21(26)15-19)23(32)18-29-13-8-10-20(17-29)24-28-27-22-12-5-4-6-14-30(22)24/h7,9,11,15,20H,4-6,8,10,12-14,16-18H2,1-3H3. The molecule has 1 aromatic heterocycles. The van der Waals surface area contributed by atoms with Crippen LogP contribution in [0.15, 0.2) is 24.3 Å². The molecule has 1 fully saturated rings. The number of benzene rings is 1. The zero-order valence-corrected chi connectivity index (χ0v) is 19.7. The van der Waals surface area contributed by atoms with E-state index in [2.05, 4.69) is 19.7 Å². The maximum atomic E-state index is 13.7. The fourth-order valence-electron chi connectivity index (χ4n) is 5.01. The largest absolute Gasteiger partial charge is 0.332 e. The highest BCUT2D eigenvalue weighted by Gasteiger charge is 2.31. The van der Waals surface area contributed by atoms with Gasteiger partial charge in [0.05, 0.1) is 6.54 Å². The van der Waals surface area contributed by atoms with Gasteiger partial charge in [0.25, 0.3) is 0 Å². The van der Waals surface area contributed by atoms with Gasteiger partial charge in [-0.05, 0) is 70.7 Å². The zero-order valence-electron chi connectivity index (χ0n) is 19.7. The molecule has 174 valence electrons. The Hall–Kier alpha value is -2.28. The van der Waals surface area contributed by atoms with E-state index in [4.69, 9.17) is 0 Å². The normalized spacial score (nSPS) is 19.9. The van der Waals surface area contributed by atoms with Crippen molar-refractivity contribution in [1.29, 1.82) is 0 Å². The van der Waals surface area contributed by atoms with E-state index in [-0.39, 0.29) is 17.3 Å². The Morgan fingerprint density at radius 1 is 1.16 bits per heavy atom. The molecule has 2 aliphatic heterocycles. The Labute approximate surface area is 190 Å². The number of hydrogen-bond donors (Lipinski definition) is 0. The summed E-state index contributed by atoms with van der Waals surface area (Å²) in [5, 5.41) is 9.05. The topological polar surface area (TPSA) is 54.3 Å². The summed E-state index contributed by atoms with van der Waals surface area (Å²) in [6.07, 6.45) is 6.80. The van der Waals surface area contributed by atoms with Crippen molar-refractivity contribution < 1.29 is 9.18 Å². The molecule has 1 saturated heterocycles. The third-order valence-corrected chi connectivity index (χ3v) is 6.71. The van der Waals surface area contributed by atoms with Crippen LogP contribution >= 0.6 is 0 Å². The molecule has 0 radical (unpaired) electrons. The van der Waals surface area contributed by atoms with Crippen LogP contribution in [-0.2, 0) is 24.3 Å². The summed E-state index contributed by atoms with van der Waals surface area (Å²) in [6, 6.07) is 6.53. The number of amides is 1. The van der Waals surface area contributed by atoms with Gasteiger partial charge in [-0.3, -0.25) is 9.69 Å². The van der Waals surface area contributed by atoms with Gasteiger partial charge in [0.1, 0.15) is 17.5 Å². The minimum absolute atomic E-state index is 0.0856. The lowest BCUT2D eigenvalue weighted by atomic mass is 9.96. The lowest BCUT2D eigenvalue weighted by molar-refractivity contribution is -0.138. The highest BCUT2D eigenvalue weighted by atomic mass is 19.1. The van der Waals surface area contributed by atoms with E-state index in [1.54, 1.807) is 6.07 Å². The molecule has 32 heavy (non-hydrogen) atoms. The van der Waals surface area contributed by atoms with E-state index in [1.165, 1.54) is 31.4 Å². The molecule has 1 unspecified atom stereocenters. The maximum Gasteiger partial charge on any atom is 0.237 e. The summed E-state index contributed by atoms with van der Waals surface area (Å²) in [5.74, 6) is 2.37. The molecule has 0 saturated carbocycles. The van der Waals surface area contributed by atoms with Crippen molar-refractivity contribution >= 4 is 5.91 Å². The Morgan fingerprint density at radius 3 is 2.78 bits per heavy atom. The number of carbonyl (C=O) groups excluding carboxylic acids is 1. The van der Waals surface area contributed by atoms with Gasteiger partial charge in [0, 0.05) is 37.5 Å². The number of aryl methyl sites for hydroxylation is 1. The second-order valence-corrected chi connectivity index (χ2v) is 10.3. The van der Waals surface area contributed by atoms with Gasteiger partial charge in [-0.2, -0.15) is 0 Å². The summed E-state index contributed by atoms with van der Waals surface area (Å²) >= 11 is 0. The monoisotopic (exact) mass is 441 g/mol. The van der Waals surface area contributed by atoms with Gasteiger partial charge in [-0.25, -0.2) is 4.39 Å². The predicted molar refractivity (Wildman–Crippen MR) is 123 cm³/mol. The first-order chi connectivity index (χ1) is 15.3. The van der Waals surface area contributed by atoms with Gasteiger partial charge in [0.15, 0.2) is 0 Å². The van der Waals surface area contributed by atoms with Crippen molar-refractivity contribution in [3.63, 3.8) is 0 Å².